The first-order valence-corrected chi connectivity index (χ1v) is 13.7. The maximum absolute atomic E-state index is 2.43. The summed E-state index contributed by atoms with van der Waals surface area (Å²) in [6.07, 6.45) is 7.26. The Morgan fingerprint density at radius 1 is 0.500 bits per heavy atom. The van der Waals surface area contributed by atoms with Gasteiger partial charge in [-0.15, -0.1) is 0 Å². The molecule has 0 radical (unpaired) electrons. The van der Waals surface area contributed by atoms with Gasteiger partial charge in [-0.25, -0.2) is 0 Å². The third-order valence-corrected chi connectivity index (χ3v) is 7.79. The van der Waals surface area contributed by atoms with Crippen molar-refractivity contribution >= 4 is 32.3 Å². The summed E-state index contributed by atoms with van der Waals surface area (Å²) in [6, 6.07) is 37.0. The summed E-state index contributed by atoms with van der Waals surface area (Å²) < 4.78 is 0. The van der Waals surface area contributed by atoms with Gasteiger partial charge in [-0.1, -0.05) is 118 Å². The summed E-state index contributed by atoms with van der Waals surface area (Å²) >= 11 is 0. The smallest absolute Gasteiger partial charge is 0.00201 e. The van der Waals surface area contributed by atoms with Gasteiger partial charge in [-0.3, -0.25) is 0 Å². The largest absolute Gasteiger partial charge is 0.0654 e. The second-order valence-electron chi connectivity index (χ2n) is 10.3. The van der Waals surface area contributed by atoms with Crippen LogP contribution in [0.15, 0.2) is 97.1 Å². The van der Waals surface area contributed by atoms with E-state index >= 15 is 0 Å². The molecule has 0 aliphatic carbocycles. The van der Waals surface area contributed by atoms with E-state index in [2.05, 4.69) is 111 Å². The number of rotatable bonds is 8. The van der Waals surface area contributed by atoms with Crippen molar-refractivity contribution in [2.75, 3.05) is 0 Å². The zero-order chi connectivity index (χ0) is 24.5. The highest BCUT2D eigenvalue weighted by Gasteiger charge is 2.17. The van der Waals surface area contributed by atoms with Gasteiger partial charge in [0.25, 0.3) is 0 Å². The van der Waals surface area contributed by atoms with Gasteiger partial charge in [0.05, 0.1) is 0 Å². The molecule has 0 fully saturated rings. The highest BCUT2D eigenvalue weighted by molar-refractivity contribution is 6.27. The van der Waals surface area contributed by atoms with Crippen molar-refractivity contribution in [3.05, 3.63) is 108 Å². The minimum absolute atomic E-state index is 1.15. The third-order valence-electron chi connectivity index (χ3n) is 7.79. The van der Waals surface area contributed by atoms with Crippen LogP contribution in [-0.4, -0.2) is 0 Å². The number of benzene rings is 6. The molecule has 0 atom stereocenters. The van der Waals surface area contributed by atoms with E-state index in [0.29, 0.717) is 0 Å². The van der Waals surface area contributed by atoms with Crippen LogP contribution < -0.4 is 0 Å². The van der Waals surface area contributed by atoms with E-state index in [0.717, 1.165) is 12.8 Å². The number of hydrogen-bond acceptors (Lipinski definition) is 0. The molecule has 0 unspecified atom stereocenters. The van der Waals surface area contributed by atoms with Crippen molar-refractivity contribution in [1.29, 1.82) is 0 Å². The van der Waals surface area contributed by atoms with Crippen LogP contribution in [0.5, 0.6) is 0 Å². The van der Waals surface area contributed by atoms with Crippen LogP contribution in [0.4, 0.5) is 0 Å². The lowest BCUT2D eigenvalue weighted by Crippen LogP contribution is -1.93. The third kappa shape index (κ3) is 4.05. The molecule has 0 spiro atoms. The van der Waals surface area contributed by atoms with Crippen molar-refractivity contribution in [1.82, 2.24) is 0 Å². The van der Waals surface area contributed by atoms with Crippen molar-refractivity contribution in [3.8, 4) is 22.3 Å². The lowest BCUT2D eigenvalue weighted by Gasteiger charge is -2.19. The van der Waals surface area contributed by atoms with Gasteiger partial charge in [0.1, 0.15) is 0 Å². The summed E-state index contributed by atoms with van der Waals surface area (Å²) in [4.78, 5) is 0. The molecule has 36 heavy (non-hydrogen) atoms. The molecule has 0 nitrogen and oxygen atoms in total. The molecule has 0 heteroatoms. The summed E-state index contributed by atoms with van der Waals surface area (Å²) in [6.45, 7) is 4.52. The number of unbranched alkanes of at least 4 members (excludes halogenated alkanes) is 2. The van der Waals surface area contributed by atoms with Crippen molar-refractivity contribution < 1.29 is 0 Å². The van der Waals surface area contributed by atoms with E-state index < -0.39 is 0 Å². The highest BCUT2D eigenvalue weighted by atomic mass is 14.2. The Kier molecular flexibility index (Phi) is 6.20. The average molecular weight is 467 g/mol. The van der Waals surface area contributed by atoms with Crippen LogP contribution in [-0.2, 0) is 12.8 Å². The maximum atomic E-state index is 2.43. The Balaban J connectivity index is 1.59. The minimum Gasteiger partial charge on any atom is -0.0654 e. The fourth-order valence-corrected chi connectivity index (χ4v) is 5.80. The zero-order valence-electron chi connectivity index (χ0n) is 21.5. The molecule has 0 aromatic heterocycles. The van der Waals surface area contributed by atoms with E-state index in [1.807, 2.05) is 0 Å². The van der Waals surface area contributed by atoms with Gasteiger partial charge in [-0.2, -0.15) is 0 Å². The van der Waals surface area contributed by atoms with Gasteiger partial charge in [0, 0.05) is 0 Å². The van der Waals surface area contributed by atoms with E-state index in [1.165, 1.54) is 91.4 Å². The van der Waals surface area contributed by atoms with Crippen LogP contribution in [0, 0.1) is 0 Å². The normalized spacial score (nSPS) is 11.7. The van der Waals surface area contributed by atoms with Gasteiger partial charge in [0.2, 0.25) is 0 Å². The highest BCUT2D eigenvalue weighted by Crippen LogP contribution is 2.44. The van der Waals surface area contributed by atoms with Crippen molar-refractivity contribution in [2.24, 2.45) is 0 Å². The molecule has 178 valence electrons. The molecule has 0 saturated carbocycles. The Labute approximate surface area is 214 Å². The Bertz CT molecular complexity index is 1600. The summed E-state index contributed by atoms with van der Waals surface area (Å²) in [5.41, 5.74) is 8.14. The molecule has 6 rings (SSSR count). The van der Waals surface area contributed by atoms with E-state index in [-0.39, 0.29) is 0 Å². The average Bonchev–Trinajstić information content (AvgIpc) is 2.94. The summed E-state index contributed by atoms with van der Waals surface area (Å²) in [5, 5.41) is 8.08. The number of hydrogen-bond donors (Lipinski definition) is 0. The number of aryl methyl sites for hydroxylation is 2. The van der Waals surface area contributed by atoms with Crippen LogP contribution in [0.25, 0.3) is 54.6 Å². The standard InChI is InChI=1S/C36H34/c1-3-5-8-25-12-16-27(17-13-25)33-24-31-21-20-28-10-7-11-29-22-23-32(36(31)34(28)29)35(33)30-18-14-26(15-19-30)9-6-4-2/h7,10-24H,3-6,8-9H2,1-2H3. The lowest BCUT2D eigenvalue weighted by atomic mass is 9.84. The van der Waals surface area contributed by atoms with Gasteiger partial charge >= 0.3 is 0 Å². The minimum atomic E-state index is 1.15. The van der Waals surface area contributed by atoms with Gasteiger partial charge in [0.15, 0.2) is 0 Å². The maximum Gasteiger partial charge on any atom is -0.00201 e. The topological polar surface area (TPSA) is 0 Å². The van der Waals surface area contributed by atoms with Crippen LogP contribution in [0.2, 0.25) is 0 Å². The van der Waals surface area contributed by atoms with E-state index in [1.54, 1.807) is 0 Å². The Morgan fingerprint density at radius 2 is 1.06 bits per heavy atom. The predicted octanol–water partition coefficient (Wildman–Crippen LogP) is 10.6. The SMILES string of the molecule is CCCCc1ccc(-c2cc3ccc4cccc5ccc(c2-c2ccc(CCCC)cc2)c3c45)cc1. The fraction of sp³-hybridized carbons (Fsp3) is 0.222. The van der Waals surface area contributed by atoms with Crippen molar-refractivity contribution in [2.45, 2.75) is 52.4 Å². The summed E-state index contributed by atoms with van der Waals surface area (Å²) in [5.74, 6) is 0. The second kappa shape index (κ2) is 9.78. The van der Waals surface area contributed by atoms with E-state index in [4.69, 9.17) is 0 Å². The molecule has 0 aliphatic rings. The molecule has 0 bridgehead atoms. The molecule has 0 aliphatic heterocycles. The van der Waals surface area contributed by atoms with Gasteiger partial charge < -0.3 is 0 Å². The van der Waals surface area contributed by atoms with Gasteiger partial charge in [-0.05, 0) is 97.4 Å². The molecular formula is C36H34. The quantitative estimate of drug-likeness (QED) is 0.196. The van der Waals surface area contributed by atoms with Crippen LogP contribution >= 0.6 is 0 Å². The molecule has 6 aromatic rings. The Hall–Kier alpha value is -3.64. The second-order valence-corrected chi connectivity index (χ2v) is 10.3. The predicted molar refractivity (Wildman–Crippen MR) is 158 cm³/mol. The molecular weight excluding hydrogens is 432 g/mol. The molecule has 0 saturated heterocycles. The lowest BCUT2D eigenvalue weighted by molar-refractivity contribution is 0.795. The monoisotopic (exact) mass is 466 g/mol. The van der Waals surface area contributed by atoms with Crippen LogP contribution in [0.3, 0.4) is 0 Å². The summed E-state index contributed by atoms with van der Waals surface area (Å²) in [7, 11) is 0. The molecule has 6 aromatic carbocycles. The zero-order valence-corrected chi connectivity index (χ0v) is 21.5. The van der Waals surface area contributed by atoms with Crippen LogP contribution in [0.1, 0.15) is 50.7 Å². The first-order valence-electron chi connectivity index (χ1n) is 13.7. The fourth-order valence-electron chi connectivity index (χ4n) is 5.80. The first-order chi connectivity index (χ1) is 17.8. The molecule has 0 N–H and O–H groups in total. The molecule has 0 heterocycles. The van der Waals surface area contributed by atoms with E-state index in [9.17, 15) is 0 Å². The van der Waals surface area contributed by atoms with Crippen molar-refractivity contribution in [3.63, 3.8) is 0 Å². The first kappa shape index (κ1) is 22.8. The molecule has 0 amide bonds. The Morgan fingerprint density at radius 3 is 1.67 bits per heavy atom.